The fourth-order valence-corrected chi connectivity index (χ4v) is 4.83. The Morgan fingerprint density at radius 3 is 2.53 bits per heavy atom. The topological polar surface area (TPSA) is 152 Å². The number of fused-ring (bicyclic) bond motifs is 1. The van der Waals surface area contributed by atoms with E-state index < -0.39 is 26.6 Å². The molecule has 0 bridgehead atoms. The third-order valence-corrected chi connectivity index (χ3v) is 7.07. The van der Waals surface area contributed by atoms with Crippen LogP contribution in [0.4, 0.5) is 8.78 Å². The van der Waals surface area contributed by atoms with Crippen LogP contribution >= 0.6 is 0 Å². The molecule has 3 heterocycles. The highest BCUT2D eigenvalue weighted by atomic mass is 32.2. The first-order chi connectivity index (χ1) is 17.1. The summed E-state index contributed by atoms with van der Waals surface area (Å²) in [7, 11) is -4.43. The number of rotatable bonds is 6. The van der Waals surface area contributed by atoms with Crippen LogP contribution in [0.3, 0.4) is 0 Å². The summed E-state index contributed by atoms with van der Waals surface area (Å²) in [6.07, 6.45) is 5.39. The minimum absolute atomic E-state index is 0.139. The van der Waals surface area contributed by atoms with Gasteiger partial charge in [0.05, 0.1) is 5.69 Å². The van der Waals surface area contributed by atoms with Crippen LogP contribution in [0.1, 0.15) is 63.1 Å². The maximum absolute atomic E-state index is 14.7. The second-order valence-corrected chi connectivity index (χ2v) is 10.5. The van der Waals surface area contributed by atoms with Gasteiger partial charge in [-0.1, -0.05) is 19.0 Å². The molecule has 0 spiro atoms. The number of halogens is 2. The van der Waals surface area contributed by atoms with E-state index in [0.717, 1.165) is 31.7 Å². The first-order valence-electron chi connectivity index (χ1n) is 11.3. The summed E-state index contributed by atoms with van der Waals surface area (Å²) in [6.45, 7) is 4.02. The van der Waals surface area contributed by atoms with Gasteiger partial charge in [0.15, 0.2) is 17.0 Å². The lowest BCUT2D eigenvalue weighted by atomic mass is 9.87. The van der Waals surface area contributed by atoms with Gasteiger partial charge in [-0.25, -0.2) is 32.3 Å². The fraction of sp³-hybridized carbons (Fsp3) is 0.409. The Morgan fingerprint density at radius 2 is 1.86 bits per heavy atom. The van der Waals surface area contributed by atoms with Gasteiger partial charge in [-0.15, -0.1) is 0 Å². The van der Waals surface area contributed by atoms with Crippen molar-refractivity contribution in [3.8, 4) is 11.6 Å². The number of sulfonamides is 1. The normalized spacial score (nSPS) is 18.7. The lowest BCUT2D eigenvalue weighted by molar-refractivity contribution is 0.135. The molecule has 36 heavy (non-hydrogen) atoms. The molecule has 11 nitrogen and oxygen atoms in total. The van der Waals surface area contributed by atoms with Crippen molar-refractivity contribution in [3.63, 3.8) is 0 Å². The second kappa shape index (κ2) is 9.17. The number of ether oxygens (including phenoxy) is 1. The Hall–Kier alpha value is -3.52. The SMILES string of the molecule is CC(C)c1noc(C2CCC(Oc3ncnc4c3ncn4-c3cc(F)c(S(N)(=O)=O)cc3F)CC2)n1. The van der Waals surface area contributed by atoms with E-state index in [-0.39, 0.29) is 40.7 Å². The Kier molecular flexibility index (Phi) is 6.16. The van der Waals surface area contributed by atoms with Crippen molar-refractivity contribution in [3.05, 3.63) is 48.1 Å². The van der Waals surface area contributed by atoms with Crippen molar-refractivity contribution in [1.29, 1.82) is 0 Å². The highest BCUT2D eigenvalue weighted by Crippen LogP contribution is 2.35. The molecule has 5 rings (SSSR count). The lowest BCUT2D eigenvalue weighted by Crippen LogP contribution is -2.24. The minimum atomic E-state index is -4.43. The number of imidazole rings is 1. The molecule has 4 aromatic rings. The summed E-state index contributed by atoms with van der Waals surface area (Å²) in [5.74, 6) is -0.308. The van der Waals surface area contributed by atoms with E-state index in [1.54, 1.807) is 0 Å². The molecule has 0 amide bonds. The third kappa shape index (κ3) is 4.53. The smallest absolute Gasteiger partial charge is 0.245 e. The standard InChI is InChI=1S/C22H23F2N7O4S/c1-11(2)19-29-21(35-30-19)12-3-5-13(6-4-12)34-22-18-20(26-9-27-22)31(10-28-18)16-7-15(24)17(8-14(16)23)36(25,32)33/h7-13H,3-6H2,1-2H3,(H2,25,32,33). The number of aromatic nitrogens is 6. The van der Waals surface area contributed by atoms with Crippen LogP contribution in [0.2, 0.25) is 0 Å². The van der Waals surface area contributed by atoms with E-state index in [4.69, 9.17) is 14.4 Å². The maximum Gasteiger partial charge on any atom is 0.245 e. The van der Waals surface area contributed by atoms with Gasteiger partial charge in [0.1, 0.15) is 35.3 Å². The van der Waals surface area contributed by atoms with E-state index in [1.165, 1.54) is 17.2 Å². The number of hydrogen-bond donors (Lipinski definition) is 1. The monoisotopic (exact) mass is 519 g/mol. The van der Waals surface area contributed by atoms with Crippen molar-refractivity contribution >= 4 is 21.2 Å². The van der Waals surface area contributed by atoms with E-state index in [2.05, 4.69) is 25.1 Å². The Labute approximate surface area is 204 Å². The minimum Gasteiger partial charge on any atom is -0.473 e. The number of nitrogens with zero attached hydrogens (tertiary/aromatic N) is 6. The molecule has 14 heteroatoms. The second-order valence-electron chi connectivity index (χ2n) is 8.98. The Balaban J connectivity index is 1.35. The van der Waals surface area contributed by atoms with Gasteiger partial charge in [0.2, 0.25) is 21.8 Å². The van der Waals surface area contributed by atoms with Crippen LogP contribution in [0.15, 0.2) is 34.2 Å². The first-order valence-corrected chi connectivity index (χ1v) is 12.9. The summed E-state index contributed by atoms with van der Waals surface area (Å²) < 4.78 is 64.8. The van der Waals surface area contributed by atoms with Crippen LogP contribution < -0.4 is 9.88 Å². The van der Waals surface area contributed by atoms with Gasteiger partial charge in [0.25, 0.3) is 0 Å². The lowest BCUT2D eigenvalue weighted by Gasteiger charge is -2.26. The Bertz CT molecular complexity index is 1530. The number of hydrogen-bond acceptors (Lipinski definition) is 9. The first kappa shape index (κ1) is 24.2. The predicted molar refractivity (Wildman–Crippen MR) is 122 cm³/mol. The fourth-order valence-electron chi connectivity index (χ4n) is 4.23. The summed E-state index contributed by atoms with van der Waals surface area (Å²) in [6, 6.07) is 1.25. The molecular formula is C22H23F2N7O4S. The number of primary sulfonamides is 1. The highest BCUT2D eigenvalue weighted by Gasteiger charge is 2.29. The van der Waals surface area contributed by atoms with Crippen LogP contribution in [0.25, 0.3) is 16.9 Å². The molecule has 0 aliphatic heterocycles. The zero-order valence-electron chi connectivity index (χ0n) is 19.4. The molecule has 0 atom stereocenters. The molecule has 0 unspecified atom stereocenters. The van der Waals surface area contributed by atoms with E-state index in [1.807, 2.05) is 13.8 Å². The molecule has 0 saturated heterocycles. The number of nitrogens with two attached hydrogens (primary N) is 1. The molecule has 1 aliphatic rings. The van der Waals surface area contributed by atoms with Gasteiger partial charge in [-0.05, 0) is 31.7 Å². The molecule has 1 aliphatic carbocycles. The molecule has 190 valence electrons. The van der Waals surface area contributed by atoms with Crippen molar-refractivity contribution in [2.24, 2.45) is 5.14 Å². The average molecular weight is 520 g/mol. The summed E-state index contributed by atoms with van der Waals surface area (Å²) in [5.41, 5.74) is 0.142. The quantitative estimate of drug-likeness (QED) is 0.404. The van der Waals surface area contributed by atoms with Crippen molar-refractivity contribution in [2.45, 2.75) is 62.4 Å². The molecule has 3 aromatic heterocycles. The summed E-state index contributed by atoms with van der Waals surface area (Å²) >= 11 is 0. The van der Waals surface area contributed by atoms with E-state index >= 15 is 0 Å². The summed E-state index contributed by atoms with van der Waals surface area (Å²) in [4.78, 5) is 16.1. The van der Waals surface area contributed by atoms with E-state index in [0.29, 0.717) is 17.8 Å². The zero-order chi connectivity index (χ0) is 25.6. The van der Waals surface area contributed by atoms with Crippen LogP contribution in [-0.2, 0) is 10.0 Å². The van der Waals surface area contributed by atoms with Crippen LogP contribution in [0, 0.1) is 11.6 Å². The summed E-state index contributed by atoms with van der Waals surface area (Å²) in [5, 5.41) is 8.98. The van der Waals surface area contributed by atoms with Crippen LogP contribution in [0.5, 0.6) is 5.88 Å². The van der Waals surface area contributed by atoms with Crippen molar-refractivity contribution in [1.82, 2.24) is 29.7 Å². The van der Waals surface area contributed by atoms with E-state index in [9.17, 15) is 17.2 Å². The molecule has 0 radical (unpaired) electrons. The average Bonchev–Trinajstić information content (AvgIpc) is 3.49. The van der Waals surface area contributed by atoms with Gasteiger partial charge >= 0.3 is 0 Å². The highest BCUT2D eigenvalue weighted by molar-refractivity contribution is 7.89. The molecule has 1 fully saturated rings. The molecule has 2 N–H and O–H groups in total. The largest absolute Gasteiger partial charge is 0.473 e. The zero-order valence-corrected chi connectivity index (χ0v) is 20.2. The van der Waals surface area contributed by atoms with Crippen molar-refractivity contribution < 1.29 is 26.5 Å². The van der Waals surface area contributed by atoms with Gasteiger partial charge in [0, 0.05) is 17.9 Å². The van der Waals surface area contributed by atoms with Gasteiger partial charge in [-0.3, -0.25) is 4.57 Å². The molecule has 1 saturated carbocycles. The van der Waals surface area contributed by atoms with Crippen LogP contribution in [-0.4, -0.2) is 44.2 Å². The third-order valence-electron chi connectivity index (χ3n) is 6.14. The number of benzene rings is 1. The maximum atomic E-state index is 14.7. The van der Waals surface area contributed by atoms with Gasteiger partial charge < -0.3 is 9.26 Å². The predicted octanol–water partition coefficient (Wildman–Crippen LogP) is 3.35. The molecular weight excluding hydrogens is 496 g/mol. The molecule has 1 aromatic carbocycles. The van der Waals surface area contributed by atoms with Gasteiger partial charge in [-0.2, -0.15) is 9.97 Å². The Morgan fingerprint density at radius 1 is 1.11 bits per heavy atom. The van der Waals surface area contributed by atoms with Crippen molar-refractivity contribution in [2.75, 3.05) is 0 Å².